The molecule has 0 fully saturated rings. The molecule has 0 unspecified atom stereocenters. The van der Waals surface area contributed by atoms with Crippen molar-refractivity contribution in [1.29, 1.82) is 0 Å². The smallest absolute Gasteiger partial charge is 0.155 e. The fraction of sp³-hybridized carbons (Fsp3) is 0.750. The van der Waals surface area contributed by atoms with Crippen LogP contribution in [-0.4, -0.2) is 24.8 Å². The van der Waals surface area contributed by atoms with E-state index in [1.165, 1.54) is 13.8 Å². The van der Waals surface area contributed by atoms with E-state index in [0.29, 0.717) is 0 Å². The van der Waals surface area contributed by atoms with Gasteiger partial charge in [0, 0.05) is 0 Å². The maximum atomic E-state index is 10.2. The minimum Gasteiger partial charge on any atom is -0.366 e. The first-order chi connectivity index (χ1) is 5.13. The van der Waals surface area contributed by atoms with Crippen molar-refractivity contribution >= 4 is 11.6 Å². The highest BCUT2D eigenvalue weighted by molar-refractivity contribution is 5.79. The quantitative estimate of drug-likeness (QED) is 0.620. The van der Waals surface area contributed by atoms with Gasteiger partial charge in [-0.3, -0.25) is 9.59 Å². The van der Waals surface area contributed by atoms with Crippen LogP contribution < -0.4 is 0 Å². The molecule has 0 rings (SSSR count). The van der Waals surface area contributed by atoms with E-state index < -0.39 is 0 Å². The second-order valence-corrected chi connectivity index (χ2v) is 1.90. The van der Waals surface area contributed by atoms with Gasteiger partial charge in [0.1, 0.15) is 13.2 Å². The van der Waals surface area contributed by atoms with Gasteiger partial charge < -0.3 is 4.74 Å². The predicted molar refractivity (Wildman–Crippen MR) is 43.5 cm³/mol. The Morgan fingerprint density at radius 2 is 1.27 bits per heavy atom. The fourth-order valence-corrected chi connectivity index (χ4v) is 0.338. The number of hydrogen-bond donors (Lipinski definition) is 0. The van der Waals surface area contributed by atoms with E-state index >= 15 is 0 Å². The monoisotopic (exact) mass is 160 g/mol. The molecule has 0 atom stereocenters. The highest BCUT2D eigenvalue weighted by Crippen LogP contribution is 1.76. The predicted octanol–water partition coefficient (Wildman–Crippen LogP) is 1.21. The molecule has 0 aliphatic heterocycles. The Morgan fingerprint density at radius 3 is 1.45 bits per heavy atom. The van der Waals surface area contributed by atoms with E-state index in [2.05, 4.69) is 4.74 Å². The van der Waals surface area contributed by atoms with Gasteiger partial charge in [-0.15, -0.1) is 0 Å². The molecule has 0 saturated heterocycles. The van der Waals surface area contributed by atoms with Crippen LogP contribution in [0.1, 0.15) is 27.7 Å². The van der Waals surface area contributed by atoms with Gasteiger partial charge in [-0.25, -0.2) is 0 Å². The first-order valence-electron chi connectivity index (χ1n) is 3.69. The largest absolute Gasteiger partial charge is 0.366 e. The molecule has 0 amide bonds. The zero-order valence-electron chi connectivity index (χ0n) is 7.64. The van der Waals surface area contributed by atoms with Crippen LogP contribution in [0.3, 0.4) is 0 Å². The first-order valence-corrected chi connectivity index (χ1v) is 3.69. The standard InChI is InChI=1S/C6H10O3.C2H6/c1-5(7)3-9-4-6(2)8;1-2/h3-4H2,1-2H3;1-2H3. The second-order valence-electron chi connectivity index (χ2n) is 1.90. The van der Waals surface area contributed by atoms with Crippen LogP contribution in [0.15, 0.2) is 0 Å². The van der Waals surface area contributed by atoms with Crippen molar-refractivity contribution in [2.24, 2.45) is 0 Å². The summed E-state index contributed by atoms with van der Waals surface area (Å²) < 4.78 is 4.66. The third-order valence-electron chi connectivity index (χ3n) is 0.611. The Bertz CT molecular complexity index is 105. The molecule has 0 heterocycles. The molecule has 0 aromatic carbocycles. The lowest BCUT2D eigenvalue weighted by atomic mass is 10.4. The minimum absolute atomic E-state index is 0.0412. The summed E-state index contributed by atoms with van der Waals surface area (Å²) in [6, 6.07) is 0. The average Bonchev–Trinajstić information content (AvgIpc) is 1.90. The van der Waals surface area contributed by atoms with Crippen LogP contribution in [0.25, 0.3) is 0 Å². The Kier molecular flexibility index (Phi) is 10.9. The minimum atomic E-state index is -0.0590. The SMILES string of the molecule is CC.CC(=O)COCC(C)=O. The summed E-state index contributed by atoms with van der Waals surface area (Å²) in [6.45, 7) is 6.92. The van der Waals surface area contributed by atoms with Gasteiger partial charge in [0.2, 0.25) is 0 Å². The van der Waals surface area contributed by atoms with Crippen LogP contribution in [0.4, 0.5) is 0 Å². The molecule has 0 radical (unpaired) electrons. The molecule has 3 heteroatoms. The van der Waals surface area contributed by atoms with Crippen molar-refractivity contribution in [2.45, 2.75) is 27.7 Å². The van der Waals surface area contributed by atoms with Gasteiger partial charge in [0.05, 0.1) is 0 Å². The summed E-state index contributed by atoms with van der Waals surface area (Å²) in [4.78, 5) is 20.4. The van der Waals surface area contributed by atoms with Gasteiger partial charge >= 0.3 is 0 Å². The maximum absolute atomic E-state index is 10.2. The molecule has 0 aliphatic carbocycles. The van der Waals surface area contributed by atoms with Crippen molar-refractivity contribution in [1.82, 2.24) is 0 Å². The normalized spacial score (nSPS) is 8.00. The van der Waals surface area contributed by atoms with E-state index in [-0.39, 0.29) is 24.8 Å². The van der Waals surface area contributed by atoms with Crippen LogP contribution in [0, 0.1) is 0 Å². The van der Waals surface area contributed by atoms with Gasteiger partial charge in [-0.05, 0) is 13.8 Å². The van der Waals surface area contributed by atoms with E-state index in [0.717, 1.165) is 0 Å². The van der Waals surface area contributed by atoms with E-state index in [9.17, 15) is 9.59 Å². The van der Waals surface area contributed by atoms with E-state index in [1.54, 1.807) is 0 Å². The Morgan fingerprint density at radius 1 is 1.00 bits per heavy atom. The number of hydrogen-bond acceptors (Lipinski definition) is 3. The van der Waals surface area contributed by atoms with E-state index in [4.69, 9.17) is 0 Å². The third-order valence-corrected chi connectivity index (χ3v) is 0.611. The molecular weight excluding hydrogens is 144 g/mol. The third kappa shape index (κ3) is 17.6. The molecule has 0 saturated carbocycles. The van der Waals surface area contributed by atoms with Crippen LogP contribution >= 0.6 is 0 Å². The van der Waals surface area contributed by atoms with Gasteiger partial charge in [-0.2, -0.15) is 0 Å². The van der Waals surface area contributed by atoms with Crippen LogP contribution in [-0.2, 0) is 14.3 Å². The molecule has 0 aromatic rings. The molecule has 66 valence electrons. The van der Waals surface area contributed by atoms with Crippen LogP contribution in [0.2, 0.25) is 0 Å². The second kappa shape index (κ2) is 9.30. The average molecular weight is 160 g/mol. The molecule has 3 nitrogen and oxygen atoms in total. The van der Waals surface area contributed by atoms with Crippen molar-refractivity contribution < 1.29 is 14.3 Å². The van der Waals surface area contributed by atoms with Crippen molar-refractivity contribution in [3.63, 3.8) is 0 Å². The zero-order valence-corrected chi connectivity index (χ0v) is 7.64. The summed E-state index contributed by atoms with van der Waals surface area (Å²) in [5.74, 6) is -0.118. The van der Waals surface area contributed by atoms with Crippen LogP contribution in [0.5, 0.6) is 0 Å². The van der Waals surface area contributed by atoms with Gasteiger partial charge in [0.25, 0.3) is 0 Å². The number of ether oxygens (including phenoxy) is 1. The fourth-order valence-electron chi connectivity index (χ4n) is 0.338. The number of carbonyl (C=O) groups excluding carboxylic acids is 2. The lowest BCUT2D eigenvalue weighted by Gasteiger charge is -1.94. The van der Waals surface area contributed by atoms with Gasteiger partial charge in [0.15, 0.2) is 11.6 Å². The van der Waals surface area contributed by atoms with Crippen molar-refractivity contribution in [2.75, 3.05) is 13.2 Å². The summed E-state index contributed by atoms with van der Waals surface area (Å²) in [5.41, 5.74) is 0. The number of Topliss-reactive ketones (excluding diaryl/α,β-unsaturated/α-hetero) is 2. The highest BCUT2D eigenvalue weighted by atomic mass is 16.5. The Labute approximate surface area is 67.7 Å². The molecule has 0 bridgehead atoms. The molecule has 0 spiro atoms. The summed E-state index contributed by atoms with van der Waals surface area (Å²) in [6.07, 6.45) is 0. The number of carbonyl (C=O) groups is 2. The summed E-state index contributed by atoms with van der Waals surface area (Å²) >= 11 is 0. The summed E-state index contributed by atoms with van der Waals surface area (Å²) in [7, 11) is 0. The molecule has 11 heavy (non-hydrogen) atoms. The van der Waals surface area contributed by atoms with E-state index in [1.807, 2.05) is 13.8 Å². The number of rotatable bonds is 4. The van der Waals surface area contributed by atoms with Crippen molar-refractivity contribution in [3.05, 3.63) is 0 Å². The Balaban J connectivity index is 0. The summed E-state index contributed by atoms with van der Waals surface area (Å²) in [5, 5.41) is 0. The topological polar surface area (TPSA) is 43.4 Å². The maximum Gasteiger partial charge on any atom is 0.155 e. The first kappa shape index (κ1) is 12.9. The molecular formula is C8H16O3. The number of ketones is 2. The lowest BCUT2D eigenvalue weighted by Crippen LogP contribution is -2.09. The molecule has 0 aromatic heterocycles. The lowest BCUT2D eigenvalue weighted by molar-refractivity contribution is -0.126. The zero-order chi connectivity index (χ0) is 9.28. The van der Waals surface area contributed by atoms with Crippen molar-refractivity contribution in [3.8, 4) is 0 Å². The molecule has 0 aliphatic rings. The Hall–Kier alpha value is -0.700. The highest BCUT2D eigenvalue weighted by Gasteiger charge is 1.94. The molecule has 0 N–H and O–H groups in total. The van der Waals surface area contributed by atoms with Gasteiger partial charge in [-0.1, -0.05) is 13.8 Å².